The van der Waals surface area contributed by atoms with E-state index in [-0.39, 0.29) is 12.5 Å². The van der Waals surface area contributed by atoms with Gasteiger partial charge in [0.15, 0.2) is 11.5 Å². The van der Waals surface area contributed by atoms with Crippen LogP contribution in [0.4, 0.5) is 5.69 Å². The molecule has 0 saturated carbocycles. The standard InChI is InChI=1S/C15H17N3O3/c1-3-15(2)20-12-6-5-11(9-13(12)21-15)17-14(19)10-18-8-4-7-16-18/h4-9H,3,10H2,1-2H3,(H,17,19). The average molecular weight is 287 g/mol. The van der Waals surface area contributed by atoms with Gasteiger partial charge in [0.2, 0.25) is 11.7 Å². The lowest BCUT2D eigenvalue weighted by Crippen LogP contribution is -2.33. The van der Waals surface area contributed by atoms with Gasteiger partial charge in [-0.05, 0) is 18.2 Å². The highest BCUT2D eigenvalue weighted by Crippen LogP contribution is 2.41. The van der Waals surface area contributed by atoms with E-state index in [0.717, 1.165) is 6.42 Å². The van der Waals surface area contributed by atoms with Crippen LogP contribution in [0.5, 0.6) is 11.5 Å². The summed E-state index contributed by atoms with van der Waals surface area (Å²) in [6.45, 7) is 4.07. The van der Waals surface area contributed by atoms with Crippen molar-refractivity contribution in [1.82, 2.24) is 9.78 Å². The number of aromatic nitrogens is 2. The second-order valence-corrected chi connectivity index (χ2v) is 5.10. The van der Waals surface area contributed by atoms with Crippen molar-refractivity contribution >= 4 is 11.6 Å². The molecule has 21 heavy (non-hydrogen) atoms. The molecule has 1 N–H and O–H groups in total. The van der Waals surface area contributed by atoms with Gasteiger partial charge in [-0.15, -0.1) is 0 Å². The number of benzene rings is 1. The Balaban J connectivity index is 1.68. The zero-order chi connectivity index (χ0) is 14.9. The maximum absolute atomic E-state index is 11.9. The summed E-state index contributed by atoms with van der Waals surface area (Å²) in [6, 6.07) is 7.15. The molecule has 1 aromatic carbocycles. The Labute approximate surface area is 122 Å². The molecule has 0 aliphatic carbocycles. The molecular formula is C15H17N3O3. The molecule has 0 bridgehead atoms. The summed E-state index contributed by atoms with van der Waals surface area (Å²) in [5.74, 6) is 0.580. The molecule has 2 aromatic rings. The molecule has 1 atom stereocenters. The van der Waals surface area contributed by atoms with E-state index < -0.39 is 5.79 Å². The lowest BCUT2D eigenvalue weighted by atomic mass is 10.2. The van der Waals surface area contributed by atoms with Crippen molar-refractivity contribution in [2.75, 3.05) is 5.32 Å². The smallest absolute Gasteiger partial charge is 0.248 e. The summed E-state index contributed by atoms with van der Waals surface area (Å²) in [6.07, 6.45) is 4.12. The third-order valence-corrected chi connectivity index (χ3v) is 3.39. The van der Waals surface area contributed by atoms with Gasteiger partial charge in [-0.2, -0.15) is 5.10 Å². The number of carbonyl (C=O) groups excluding carboxylic acids is 1. The molecular weight excluding hydrogens is 270 g/mol. The summed E-state index contributed by atoms with van der Waals surface area (Å²) in [4.78, 5) is 11.9. The Kier molecular flexibility index (Phi) is 3.29. The number of ether oxygens (including phenoxy) is 2. The van der Waals surface area contributed by atoms with E-state index in [2.05, 4.69) is 10.4 Å². The van der Waals surface area contributed by atoms with Crippen LogP contribution in [0.1, 0.15) is 20.3 Å². The molecule has 2 heterocycles. The molecule has 0 fully saturated rings. The van der Waals surface area contributed by atoms with Gasteiger partial charge in [0, 0.05) is 37.5 Å². The Morgan fingerprint density at radius 2 is 2.19 bits per heavy atom. The second-order valence-electron chi connectivity index (χ2n) is 5.10. The number of fused-ring (bicyclic) bond motifs is 1. The van der Waals surface area contributed by atoms with Crippen molar-refractivity contribution in [3.8, 4) is 11.5 Å². The van der Waals surface area contributed by atoms with Crippen molar-refractivity contribution in [2.45, 2.75) is 32.6 Å². The maximum atomic E-state index is 11.9. The molecule has 3 rings (SSSR count). The molecule has 6 heteroatoms. The normalized spacial score (nSPS) is 19.5. The van der Waals surface area contributed by atoms with Gasteiger partial charge in [0.05, 0.1) is 0 Å². The second kappa shape index (κ2) is 5.12. The van der Waals surface area contributed by atoms with Crippen LogP contribution in [0.25, 0.3) is 0 Å². The third kappa shape index (κ3) is 2.84. The number of rotatable bonds is 4. The molecule has 1 unspecified atom stereocenters. The van der Waals surface area contributed by atoms with Crippen LogP contribution in [0.2, 0.25) is 0 Å². The fraction of sp³-hybridized carbons (Fsp3) is 0.333. The summed E-state index contributed by atoms with van der Waals surface area (Å²) in [7, 11) is 0. The first-order valence-electron chi connectivity index (χ1n) is 6.87. The molecule has 1 amide bonds. The zero-order valence-electron chi connectivity index (χ0n) is 12.0. The SMILES string of the molecule is CCC1(C)Oc2ccc(NC(=O)Cn3cccn3)cc2O1. The molecule has 110 valence electrons. The molecule has 6 nitrogen and oxygen atoms in total. The number of hydrogen-bond donors (Lipinski definition) is 1. The van der Waals surface area contributed by atoms with E-state index in [9.17, 15) is 4.79 Å². The van der Waals surface area contributed by atoms with E-state index in [4.69, 9.17) is 9.47 Å². The maximum Gasteiger partial charge on any atom is 0.248 e. The van der Waals surface area contributed by atoms with Gasteiger partial charge in [0.25, 0.3) is 0 Å². The molecule has 0 radical (unpaired) electrons. The Bertz CT molecular complexity index is 654. The number of nitrogens with one attached hydrogen (secondary N) is 1. The fourth-order valence-corrected chi connectivity index (χ4v) is 2.12. The Morgan fingerprint density at radius 3 is 2.90 bits per heavy atom. The van der Waals surface area contributed by atoms with Crippen LogP contribution in [0.3, 0.4) is 0 Å². The van der Waals surface area contributed by atoms with Gasteiger partial charge in [-0.3, -0.25) is 9.48 Å². The van der Waals surface area contributed by atoms with Crippen molar-refractivity contribution in [3.05, 3.63) is 36.7 Å². The quantitative estimate of drug-likeness (QED) is 0.938. The van der Waals surface area contributed by atoms with E-state index in [1.165, 1.54) is 0 Å². The predicted octanol–water partition coefficient (Wildman–Crippen LogP) is 2.42. The minimum Gasteiger partial charge on any atom is -0.449 e. The van der Waals surface area contributed by atoms with Crippen LogP contribution in [0.15, 0.2) is 36.7 Å². The molecule has 1 aliphatic rings. The number of carbonyl (C=O) groups is 1. The van der Waals surface area contributed by atoms with Crippen LogP contribution >= 0.6 is 0 Å². The van der Waals surface area contributed by atoms with Gasteiger partial charge in [-0.25, -0.2) is 0 Å². The first-order chi connectivity index (χ1) is 10.1. The highest BCUT2D eigenvalue weighted by Gasteiger charge is 2.34. The monoisotopic (exact) mass is 287 g/mol. The van der Waals surface area contributed by atoms with Crippen LogP contribution < -0.4 is 14.8 Å². The minimum atomic E-state index is -0.625. The van der Waals surface area contributed by atoms with E-state index in [0.29, 0.717) is 17.2 Å². The molecule has 1 aromatic heterocycles. The number of hydrogen-bond acceptors (Lipinski definition) is 4. The summed E-state index contributed by atoms with van der Waals surface area (Å²) >= 11 is 0. The minimum absolute atomic E-state index is 0.143. The van der Waals surface area contributed by atoms with Crippen molar-refractivity contribution in [3.63, 3.8) is 0 Å². The van der Waals surface area contributed by atoms with E-state index in [1.807, 2.05) is 13.8 Å². The zero-order valence-corrected chi connectivity index (χ0v) is 12.0. The summed E-state index contributed by atoms with van der Waals surface area (Å²) < 4.78 is 13.1. The van der Waals surface area contributed by atoms with Gasteiger partial charge < -0.3 is 14.8 Å². The van der Waals surface area contributed by atoms with Gasteiger partial charge in [0.1, 0.15) is 6.54 Å². The first-order valence-corrected chi connectivity index (χ1v) is 6.87. The number of amides is 1. The Morgan fingerprint density at radius 1 is 1.38 bits per heavy atom. The highest BCUT2D eigenvalue weighted by molar-refractivity contribution is 5.90. The largest absolute Gasteiger partial charge is 0.449 e. The fourth-order valence-electron chi connectivity index (χ4n) is 2.12. The third-order valence-electron chi connectivity index (χ3n) is 3.39. The van der Waals surface area contributed by atoms with Crippen LogP contribution in [-0.4, -0.2) is 21.5 Å². The summed E-state index contributed by atoms with van der Waals surface area (Å²) in [5, 5.41) is 6.82. The number of anilines is 1. The van der Waals surface area contributed by atoms with Gasteiger partial charge >= 0.3 is 0 Å². The average Bonchev–Trinajstić information content (AvgIpc) is 3.05. The van der Waals surface area contributed by atoms with Crippen LogP contribution in [0, 0.1) is 0 Å². The van der Waals surface area contributed by atoms with E-state index >= 15 is 0 Å². The molecule has 1 aliphatic heterocycles. The van der Waals surface area contributed by atoms with Crippen molar-refractivity contribution < 1.29 is 14.3 Å². The lowest BCUT2D eigenvalue weighted by Gasteiger charge is -2.20. The van der Waals surface area contributed by atoms with Crippen LogP contribution in [-0.2, 0) is 11.3 Å². The topological polar surface area (TPSA) is 65.4 Å². The summed E-state index contributed by atoms with van der Waals surface area (Å²) in [5.41, 5.74) is 0.676. The highest BCUT2D eigenvalue weighted by atomic mass is 16.7. The lowest BCUT2D eigenvalue weighted by molar-refractivity contribution is -0.116. The van der Waals surface area contributed by atoms with Crippen molar-refractivity contribution in [1.29, 1.82) is 0 Å². The Hall–Kier alpha value is -2.50. The van der Waals surface area contributed by atoms with E-state index in [1.54, 1.807) is 41.3 Å². The molecule has 0 spiro atoms. The predicted molar refractivity (Wildman–Crippen MR) is 77.3 cm³/mol. The molecule has 0 saturated heterocycles. The van der Waals surface area contributed by atoms with Gasteiger partial charge in [-0.1, -0.05) is 6.92 Å². The van der Waals surface area contributed by atoms with Crippen molar-refractivity contribution in [2.24, 2.45) is 0 Å². The first kappa shape index (κ1) is 13.5. The number of nitrogens with zero attached hydrogens (tertiary/aromatic N) is 2.